The van der Waals surface area contributed by atoms with Crippen LogP contribution in [-0.2, 0) is 14.8 Å². The van der Waals surface area contributed by atoms with Gasteiger partial charge in [-0.05, 0) is 30.7 Å². The minimum absolute atomic E-state index is 0.0106. The van der Waals surface area contributed by atoms with E-state index in [9.17, 15) is 8.42 Å². The molecule has 1 saturated heterocycles. The Balaban J connectivity index is 1.83. The van der Waals surface area contributed by atoms with Crippen molar-refractivity contribution in [1.82, 2.24) is 4.72 Å². The number of fused-ring (bicyclic) bond motifs is 1. The third-order valence-corrected chi connectivity index (χ3v) is 5.30. The van der Waals surface area contributed by atoms with Crippen LogP contribution in [0.15, 0.2) is 47.4 Å². The number of benzene rings is 2. The molecule has 5 heteroatoms. The van der Waals surface area contributed by atoms with Crippen LogP contribution in [0.3, 0.4) is 0 Å². The first-order valence-electron chi connectivity index (χ1n) is 7.26. The Morgan fingerprint density at radius 1 is 1.10 bits per heavy atom. The Morgan fingerprint density at radius 2 is 1.90 bits per heavy atom. The average Bonchev–Trinajstić information content (AvgIpc) is 2.53. The largest absolute Gasteiger partial charge is 0.377 e. The molecule has 0 aliphatic carbocycles. The summed E-state index contributed by atoms with van der Waals surface area (Å²) < 4.78 is 33.3. The molecule has 1 aliphatic rings. The van der Waals surface area contributed by atoms with E-state index in [4.69, 9.17) is 4.74 Å². The van der Waals surface area contributed by atoms with Crippen molar-refractivity contribution in [3.05, 3.63) is 42.5 Å². The maximum atomic E-state index is 12.5. The first-order chi connectivity index (χ1) is 10.2. The van der Waals surface area contributed by atoms with Crippen LogP contribution in [0.5, 0.6) is 0 Å². The van der Waals surface area contributed by atoms with Crippen LogP contribution in [0, 0.1) is 0 Å². The summed E-state index contributed by atoms with van der Waals surface area (Å²) in [7, 11) is -3.52. The summed E-state index contributed by atoms with van der Waals surface area (Å²) in [5.74, 6) is 0. The van der Waals surface area contributed by atoms with Crippen molar-refractivity contribution in [2.24, 2.45) is 0 Å². The van der Waals surface area contributed by atoms with Gasteiger partial charge in [-0.25, -0.2) is 13.1 Å². The Kier molecular flexibility index (Phi) is 4.24. The van der Waals surface area contributed by atoms with E-state index >= 15 is 0 Å². The summed E-state index contributed by atoms with van der Waals surface area (Å²) in [6, 6.07) is 12.8. The number of sulfonamides is 1. The zero-order valence-corrected chi connectivity index (χ0v) is 12.6. The molecule has 0 saturated carbocycles. The maximum absolute atomic E-state index is 12.5. The van der Waals surface area contributed by atoms with Crippen molar-refractivity contribution in [3.8, 4) is 0 Å². The van der Waals surface area contributed by atoms with Gasteiger partial charge in [-0.15, -0.1) is 0 Å². The molecule has 0 aromatic heterocycles. The van der Waals surface area contributed by atoms with E-state index in [1.165, 1.54) is 0 Å². The van der Waals surface area contributed by atoms with Gasteiger partial charge in [-0.3, -0.25) is 0 Å². The van der Waals surface area contributed by atoms with Crippen LogP contribution in [0.25, 0.3) is 10.8 Å². The van der Waals surface area contributed by atoms with Gasteiger partial charge in [0.05, 0.1) is 11.0 Å². The first kappa shape index (κ1) is 14.5. The molecule has 1 N–H and O–H groups in total. The number of rotatable bonds is 4. The zero-order valence-electron chi connectivity index (χ0n) is 11.8. The molecule has 0 amide bonds. The highest BCUT2D eigenvalue weighted by Gasteiger charge is 2.20. The second-order valence-corrected chi connectivity index (χ2v) is 7.05. The van der Waals surface area contributed by atoms with E-state index < -0.39 is 10.0 Å². The summed E-state index contributed by atoms with van der Waals surface area (Å²) in [6.45, 7) is 1.06. The zero-order chi connectivity index (χ0) is 14.7. The molecule has 1 aliphatic heterocycles. The van der Waals surface area contributed by atoms with Gasteiger partial charge in [0.25, 0.3) is 0 Å². The molecular formula is C16H19NO3S. The van der Waals surface area contributed by atoms with E-state index in [1.54, 1.807) is 12.1 Å². The highest BCUT2D eigenvalue weighted by atomic mass is 32.2. The van der Waals surface area contributed by atoms with Crippen LogP contribution >= 0.6 is 0 Å². The van der Waals surface area contributed by atoms with Gasteiger partial charge >= 0.3 is 0 Å². The normalized spacial score (nSPS) is 19.7. The Labute approximate surface area is 125 Å². The van der Waals surface area contributed by atoms with Crippen LogP contribution in [0.1, 0.15) is 19.3 Å². The summed E-state index contributed by atoms with van der Waals surface area (Å²) in [6.07, 6.45) is 3.06. The molecule has 112 valence electrons. The van der Waals surface area contributed by atoms with E-state index in [0.29, 0.717) is 11.4 Å². The SMILES string of the molecule is O=S(=O)(NCC1CCCCO1)c1cccc2ccccc12. The van der Waals surface area contributed by atoms with E-state index in [1.807, 2.05) is 30.3 Å². The van der Waals surface area contributed by atoms with E-state index in [2.05, 4.69) is 4.72 Å². The fraction of sp³-hybridized carbons (Fsp3) is 0.375. The monoisotopic (exact) mass is 305 g/mol. The van der Waals surface area contributed by atoms with Gasteiger partial charge in [0.1, 0.15) is 0 Å². The van der Waals surface area contributed by atoms with Gasteiger partial charge in [0, 0.05) is 18.5 Å². The summed E-state index contributed by atoms with van der Waals surface area (Å²) in [5.41, 5.74) is 0. The Morgan fingerprint density at radius 3 is 2.71 bits per heavy atom. The summed E-state index contributed by atoms with van der Waals surface area (Å²) >= 11 is 0. The minimum atomic E-state index is -3.52. The van der Waals surface area contributed by atoms with Crippen molar-refractivity contribution in [1.29, 1.82) is 0 Å². The molecule has 1 unspecified atom stereocenters. The van der Waals surface area contributed by atoms with Crippen LogP contribution < -0.4 is 4.72 Å². The second-order valence-electron chi connectivity index (χ2n) is 5.32. The highest BCUT2D eigenvalue weighted by Crippen LogP contribution is 2.22. The standard InChI is InChI=1S/C16H19NO3S/c18-21(19,17-12-14-8-3-4-11-20-14)16-10-5-7-13-6-1-2-9-15(13)16/h1-2,5-7,9-10,14,17H,3-4,8,11-12H2. The van der Waals surface area contributed by atoms with Gasteiger partial charge in [-0.2, -0.15) is 0 Å². The van der Waals surface area contributed by atoms with Gasteiger partial charge < -0.3 is 4.74 Å². The van der Waals surface area contributed by atoms with Crippen molar-refractivity contribution >= 4 is 20.8 Å². The molecular weight excluding hydrogens is 286 g/mol. The number of hydrogen-bond acceptors (Lipinski definition) is 3. The average molecular weight is 305 g/mol. The van der Waals surface area contributed by atoms with Crippen molar-refractivity contribution in [3.63, 3.8) is 0 Å². The van der Waals surface area contributed by atoms with E-state index in [-0.39, 0.29) is 6.10 Å². The van der Waals surface area contributed by atoms with Gasteiger partial charge in [-0.1, -0.05) is 36.4 Å². The lowest BCUT2D eigenvalue weighted by atomic mass is 10.1. The molecule has 4 nitrogen and oxygen atoms in total. The molecule has 0 spiro atoms. The predicted octanol–water partition coefficient (Wildman–Crippen LogP) is 2.69. The lowest BCUT2D eigenvalue weighted by Gasteiger charge is -2.22. The summed E-state index contributed by atoms with van der Waals surface area (Å²) in [5, 5.41) is 1.67. The molecule has 3 rings (SSSR count). The molecule has 0 radical (unpaired) electrons. The number of hydrogen-bond donors (Lipinski definition) is 1. The lowest BCUT2D eigenvalue weighted by Crippen LogP contribution is -2.35. The Hall–Kier alpha value is -1.43. The van der Waals surface area contributed by atoms with E-state index in [0.717, 1.165) is 36.6 Å². The fourth-order valence-corrected chi connectivity index (χ4v) is 3.97. The van der Waals surface area contributed by atoms with Crippen molar-refractivity contribution in [2.75, 3.05) is 13.2 Å². The van der Waals surface area contributed by atoms with Crippen molar-refractivity contribution in [2.45, 2.75) is 30.3 Å². The number of ether oxygens (including phenoxy) is 1. The minimum Gasteiger partial charge on any atom is -0.377 e. The van der Waals surface area contributed by atoms with Crippen molar-refractivity contribution < 1.29 is 13.2 Å². The topological polar surface area (TPSA) is 55.4 Å². The molecule has 21 heavy (non-hydrogen) atoms. The third kappa shape index (κ3) is 3.26. The van der Waals surface area contributed by atoms with Crippen LogP contribution in [-0.4, -0.2) is 27.7 Å². The molecule has 0 bridgehead atoms. The second kappa shape index (κ2) is 6.13. The Bertz CT molecular complexity index is 716. The molecule has 1 fully saturated rings. The summed E-state index contributed by atoms with van der Waals surface area (Å²) in [4.78, 5) is 0.330. The number of nitrogens with one attached hydrogen (secondary N) is 1. The first-order valence-corrected chi connectivity index (χ1v) is 8.74. The molecule has 2 aromatic carbocycles. The molecule has 1 atom stereocenters. The smallest absolute Gasteiger partial charge is 0.241 e. The highest BCUT2D eigenvalue weighted by molar-refractivity contribution is 7.89. The van der Waals surface area contributed by atoms with Gasteiger partial charge in [0.2, 0.25) is 10.0 Å². The third-order valence-electron chi connectivity index (χ3n) is 3.81. The van der Waals surface area contributed by atoms with Crippen LogP contribution in [0.2, 0.25) is 0 Å². The lowest BCUT2D eigenvalue weighted by molar-refractivity contribution is 0.0200. The predicted molar refractivity (Wildman–Crippen MR) is 82.7 cm³/mol. The fourth-order valence-electron chi connectivity index (χ4n) is 2.68. The van der Waals surface area contributed by atoms with Crippen LogP contribution in [0.4, 0.5) is 0 Å². The van der Waals surface area contributed by atoms with Gasteiger partial charge in [0.15, 0.2) is 0 Å². The maximum Gasteiger partial charge on any atom is 0.241 e. The quantitative estimate of drug-likeness (QED) is 0.945. The molecule has 1 heterocycles. The molecule has 2 aromatic rings.